The zero-order valence-electron chi connectivity index (χ0n) is 14.2. The lowest BCUT2D eigenvalue weighted by atomic mass is 10.1. The predicted molar refractivity (Wildman–Crippen MR) is 90.8 cm³/mol. The monoisotopic (exact) mass is 328 g/mol. The molecule has 2 fully saturated rings. The number of urea groups is 1. The van der Waals surface area contributed by atoms with Gasteiger partial charge in [-0.3, -0.25) is 0 Å². The van der Waals surface area contributed by atoms with E-state index in [0.717, 1.165) is 25.0 Å². The van der Waals surface area contributed by atoms with Crippen molar-refractivity contribution in [2.75, 3.05) is 27.2 Å². The van der Waals surface area contributed by atoms with Crippen LogP contribution in [0.5, 0.6) is 5.75 Å². The van der Waals surface area contributed by atoms with Crippen LogP contribution in [0.25, 0.3) is 0 Å². The summed E-state index contributed by atoms with van der Waals surface area (Å²) in [7, 11) is 4.19. The first kappa shape index (κ1) is 16.6. The predicted octanol–water partition coefficient (Wildman–Crippen LogP) is 1.81. The van der Waals surface area contributed by atoms with Crippen LogP contribution in [0.4, 0.5) is 4.79 Å². The van der Waals surface area contributed by atoms with Crippen LogP contribution in [-0.4, -0.2) is 61.2 Å². The number of likely N-dealkylation sites (tertiary alicyclic amines) is 1. The number of carbonyl (C=O) groups excluding carboxylic acids is 1. The van der Waals surface area contributed by atoms with Gasteiger partial charge in [0.2, 0.25) is 0 Å². The largest absolute Gasteiger partial charge is 0.487 e. The number of benzene rings is 1. The van der Waals surface area contributed by atoms with Gasteiger partial charge in [0.15, 0.2) is 0 Å². The van der Waals surface area contributed by atoms with Gasteiger partial charge in [-0.05, 0) is 57.6 Å². The van der Waals surface area contributed by atoms with Gasteiger partial charge in [0, 0.05) is 12.1 Å². The first-order valence-electron chi connectivity index (χ1n) is 8.44. The molecule has 2 atom stereocenters. The lowest BCUT2D eigenvalue weighted by Crippen LogP contribution is -2.59. The van der Waals surface area contributed by atoms with Gasteiger partial charge in [0.1, 0.15) is 11.9 Å². The lowest BCUT2D eigenvalue weighted by molar-refractivity contribution is 0.0434. The summed E-state index contributed by atoms with van der Waals surface area (Å²) in [6.07, 6.45) is 3.25. The fourth-order valence-electron chi connectivity index (χ4n) is 3.30. The average molecular weight is 328 g/mol. The van der Waals surface area contributed by atoms with Crippen LogP contribution in [0.2, 0.25) is 0 Å². The summed E-state index contributed by atoms with van der Waals surface area (Å²) in [4.78, 5) is 16.3. The zero-order chi connectivity index (χ0) is 17.1. The van der Waals surface area contributed by atoms with Crippen molar-refractivity contribution in [2.24, 2.45) is 0 Å². The maximum Gasteiger partial charge on any atom is 0.317 e. The minimum absolute atomic E-state index is 0.0130. The Balaban J connectivity index is 1.40. The van der Waals surface area contributed by atoms with Gasteiger partial charge in [-0.2, -0.15) is 5.26 Å². The number of nitrogens with zero attached hydrogens (tertiary/aromatic N) is 3. The standard InChI is InChI=1S/C18H24N4O2/c1-21(2)15-6-5-14(9-15)20-18(23)22-11-17(12-22)24-16-7-3-13(10-19)4-8-16/h3-4,7-8,14-15,17H,5-6,9,11-12H2,1-2H3,(H,20,23). The van der Waals surface area contributed by atoms with Crippen molar-refractivity contribution in [3.63, 3.8) is 0 Å². The Morgan fingerprint density at radius 2 is 2.00 bits per heavy atom. The highest BCUT2D eigenvalue weighted by Crippen LogP contribution is 2.23. The molecule has 0 radical (unpaired) electrons. The van der Waals surface area contributed by atoms with Crippen molar-refractivity contribution in [3.05, 3.63) is 29.8 Å². The first-order chi connectivity index (χ1) is 11.5. The summed E-state index contributed by atoms with van der Waals surface area (Å²) in [6, 6.07) is 10.0. The molecule has 2 unspecified atom stereocenters. The second kappa shape index (κ2) is 7.10. The topological polar surface area (TPSA) is 68.6 Å². The summed E-state index contributed by atoms with van der Waals surface area (Å²) in [5, 5.41) is 11.9. The summed E-state index contributed by atoms with van der Waals surface area (Å²) in [5.74, 6) is 0.740. The van der Waals surface area contributed by atoms with E-state index < -0.39 is 0 Å². The molecule has 0 spiro atoms. The highest BCUT2D eigenvalue weighted by Gasteiger charge is 2.34. The third-order valence-corrected chi connectivity index (χ3v) is 4.88. The highest BCUT2D eigenvalue weighted by molar-refractivity contribution is 5.75. The van der Waals surface area contributed by atoms with Crippen molar-refractivity contribution in [1.29, 1.82) is 5.26 Å². The summed E-state index contributed by atoms with van der Waals surface area (Å²) < 4.78 is 5.81. The normalized spacial score (nSPS) is 23.7. The number of nitrogens with one attached hydrogen (secondary N) is 1. The molecule has 1 N–H and O–H groups in total. The van der Waals surface area contributed by atoms with Crippen LogP contribution in [0.15, 0.2) is 24.3 Å². The molecule has 1 heterocycles. The SMILES string of the molecule is CN(C)C1CCC(NC(=O)N2CC(Oc3ccc(C#N)cc3)C2)C1. The first-order valence-corrected chi connectivity index (χ1v) is 8.44. The van der Waals surface area contributed by atoms with Crippen molar-refractivity contribution in [2.45, 2.75) is 37.5 Å². The van der Waals surface area contributed by atoms with E-state index in [2.05, 4.69) is 30.4 Å². The van der Waals surface area contributed by atoms with E-state index in [0.29, 0.717) is 24.7 Å². The Morgan fingerprint density at radius 3 is 2.58 bits per heavy atom. The third kappa shape index (κ3) is 3.80. The minimum atomic E-state index is 0.0130. The smallest absolute Gasteiger partial charge is 0.317 e. The number of hydrogen-bond acceptors (Lipinski definition) is 4. The Bertz CT molecular complexity index is 617. The molecule has 6 heteroatoms. The van der Waals surface area contributed by atoms with Crippen molar-refractivity contribution in [3.8, 4) is 11.8 Å². The van der Waals surface area contributed by atoms with E-state index in [9.17, 15) is 4.79 Å². The molecule has 1 aliphatic heterocycles. The molecule has 6 nitrogen and oxygen atoms in total. The Labute approximate surface area is 143 Å². The summed E-state index contributed by atoms with van der Waals surface area (Å²) in [5.41, 5.74) is 0.615. The molecule has 2 aliphatic rings. The Hall–Kier alpha value is -2.26. The number of ether oxygens (including phenoxy) is 1. The van der Waals surface area contributed by atoms with Crippen molar-refractivity contribution < 1.29 is 9.53 Å². The van der Waals surface area contributed by atoms with Gasteiger partial charge >= 0.3 is 6.03 Å². The maximum atomic E-state index is 12.2. The number of hydrogen-bond donors (Lipinski definition) is 1. The van der Waals surface area contributed by atoms with Gasteiger partial charge < -0.3 is 19.9 Å². The number of carbonyl (C=O) groups is 1. The molecule has 128 valence electrons. The van der Waals surface area contributed by atoms with Crippen LogP contribution in [0.1, 0.15) is 24.8 Å². The van der Waals surface area contributed by atoms with Crippen LogP contribution in [0, 0.1) is 11.3 Å². The molecule has 24 heavy (non-hydrogen) atoms. The van der Waals surface area contributed by atoms with E-state index in [1.54, 1.807) is 29.2 Å². The molecule has 1 aliphatic carbocycles. The number of rotatable bonds is 4. The molecule has 1 aromatic carbocycles. The van der Waals surface area contributed by atoms with Crippen LogP contribution in [-0.2, 0) is 0 Å². The van der Waals surface area contributed by atoms with Crippen molar-refractivity contribution in [1.82, 2.24) is 15.1 Å². The second-order valence-corrected chi connectivity index (χ2v) is 6.86. The lowest BCUT2D eigenvalue weighted by Gasteiger charge is -2.39. The molecule has 1 aromatic rings. The number of amides is 2. The summed E-state index contributed by atoms with van der Waals surface area (Å²) >= 11 is 0. The van der Waals surface area contributed by atoms with Crippen molar-refractivity contribution >= 4 is 6.03 Å². The average Bonchev–Trinajstić information content (AvgIpc) is 2.99. The Kier molecular flexibility index (Phi) is 4.91. The van der Waals surface area contributed by atoms with Gasteiger partial charge in [-0.25, -0.2) is 4.79 Å². The quantitative estimate of drug-likeness (QED) is 0.915. The molecular formula is C18H24N4O2. The highest BCUT2D eigenvalue weighted by atomic mass is 16.5. The molecule has 0 bridgehead atoms. The molecule has 3 rings (SSSR count). The van der Waals surface area contributed by atoms with E-state index in [-0.39, 0.29) is 18.2 Å². The third-order valence-electron chi connectivity index (χ3n) is 4.88. The molecule has 1 saturated heterocycles. The fourth-order valence-corrected chi connectivity index (χ4v) is 3.30. The van der Waals surface area contributed by atoms with Crippen LogP contribution < -0.4 is 10.1 Å². The van der Waals surface area contributed by atoms with Gasteiger partial charge in [-0.15, -0.1) is 0 Å². The van der Waals surface area contributed by atoms with Gasteiger partial charge in [0.05, 0.1) is 24.7 Å². The Morgan fingerprint density at radius 1 is 1.29 bits per heavy atom. The molecular weight excluding hydrogens is 304 g/mol. The molecule has 2 amide bonds. The second-order valence-electron chi connectivity index (χ2n) is 6.86. The van der Waals surface area contributed by atoms with Gasteiger partial charge in [0.25, 0.3) is 0 Å². The maximum absolute atomic E-state index is 12.2. The van der Waals surface area contributed by atoms with E-state index in [4.69, 9.17) is 10.00 Å². The van der Waals surface area contributed by atoms with Gasteiger partial charge in [-0.1, -0.05) is 0 Å². The van der Waals surface area contributed by atoms with E-state index in [1.165, 1.54) is 0 Å². The van der Waals surface area contributed by atoms with E-state index in [1.807, 2.05) is 0 Å². The van der Waals surface area contributed by atoms with Crippen LogP contribution in [0.3, 0.4) is 0 Å². The fraction of sp³-hybridized carbons (Fsp3) is 0.556. The van der Waals surface area contributed by atoms with E-state index >= 15 is 0 Å². The molecule has 0 aromatic heterocycles. The zero-order valence-corrected chi connectivity index (χ0v) is 14.2. The summed E-state index contributed by atoms with van der Waals surface area (Å²) in [6.45, 7) is 1.21. The minimum Gasteiger partial charge on any atom is -0.487 e. The number of nitriles is 1. The molecule has 1 saturated carbocycles. The van der Waals surface area contributed by atoms with Crippen LogP contribution >= 0.6 is 0 Å².